The molecule has 0 aliphatic rings. The molecule has 1 N–H and O–H groups in total. The summed E-state index contributed by atoms with van der Waals surface area (Å²) in [4.78, 5) is 14.0. The Labute approximate surface area is 158 Å². The molecule has 2 aromatic heterocycles. The number of fused-ring (bicyclic) bond motifs is 1. The molecule has 0 aliphatic carbocycles. The van der Waals surface area contributed by atoms with E-state index < -0.39 is 7.60 Å². The second-order valence-electron chi connectivity index (χ2n) is 5.73. The molecule has 0 fully saturated rings. The molecule has 0 amide bonds. The zero-order chi connectivity index (χ0) is 19.7. The van der Waals surface area contributed by atoms with E-state index in [0.29, 0.717) is 57.0 Å². The van der Waals surface area contributed by atoms with Crippen LogP contribution in [0.5, 0.6) is 5.88 Å². The zero-order valence-electron chi connectivity index (χ0n) is 15.6. The Morgan fingerprint density at radius 3 is 2.63 bits per heavy atom. The van der Waals surface area contributed by atoms with Gasteiger partial charge >= 0.3 is 7.60 Å². The predicted molar refractivity (Wildman–Crippen MR) is 99.4 cm³/mol. The number of imidazole rings is 1. The van der Waals surface area contributed by atoms with Gasteiger partial charge in [-0.1, -0.05) is 0 Å². The van der Waals surface area contributed by atoms with Gasteiger partial charge in [-0.3, -0.25) is 9.46 Å². The maximum Gasteiger partial charge on any atom is 0.331 e. The van der Waals surface area contributed by atoms with Crippen LogP contribution in [-0.2, 0) is 20.2 Å². The van der Waals surface area contributed by atoms with Crippen LogP contribution in [0.1, 0.15) is 20.3 Å². The molecule has 0 atom stereocenters. The van der Waals surface area contributed by atoms with E-state index in [2.05, 4.69) is 21.0 Å². The fourth-order valence-electron chi connectivity index (χ4n) is 2.65. The summed E-state index contributed by atoms with van der Waals surface area (Å²) >= 11 is 0. The third-order valence-corrected chi connectivity index (χ3v) is 5.97. The van der Waals surface area contributed by atoms with E-state index >= 15 is 0 Å². The maximum atomic E-state index is 12.6. The molecule has 0 unspecified atom stereocenters. The van der Waals surface area contributed by atoms with Crippen LogP contribution in [0.2, 0.25) is 0 Å². The minimum absolute atomic E-state index is 0.158. The van der Waals surface area contributed by atoms with Crippen LogP contribution in [0.25, 0.3) is 11.2 Å². The van der Waals surface area contributed by atoms with Crippen molar-refractivity contribution >= 4 is 18.8 Å². The first kappa shape index (κ1) is 21.3. The molecule has 27 heavy (non-hydrogen) atoms. The van der Waals surface area contributed by atoms with E-state index in [1.165, 1.54) is 6.33 Å². The Balaban J connectivity index is 2.02. The van der Waals surface area contributed by atoms with Crippen LogP contribution in [0.3, 0.4) is 0 Å². The van der Waals surface area contributed by atoms with Crippen molar-refractivity contribution in [3.8, 4) is 11.9 Å². The van der Waals surface area contributed by atoms with Crippen molar-refractivity contribution in [2.45, 2.75) is 26.8 Å². The molecule has 2 heterocycles. The van der Waals surface area contributed by atoms with Crippen molar-refractivity contribution in [2.75, 3.05) is 39.0 Å². The average molecular weight is 396 g/mol. The van der Waals surface area contributed by atoms with Gasteiger partial charge in [0.2, 0.25) is 5.88 Å². The zero-order valence-corrected chi connectivity index (χ0v) is 16.5. The molecule has 11 heteroatoms. The summed E-state index contributed by atoms with van der Waals surface area (Å²) in [6, 6.07) is 2.13. The summed E-state index contributed by atoms with van der Waals surface area (Å²) in [5.41, 5.74) is 0.885. The lowest BCUT2D eigenvalue weighted by Gasteiger charge is -2.24. The lowest BCUT2D eigenvalue weighted by molar-refractivity contribution is 0.211. The molecule has 10 nitrogen and oxygen atoms in total. The van der Waals surface area contributed by atoms with Crippen LogP contribution in [0, 0.1) is 11.3 Å². The van der Waals surface area contributed by atoms with Crippen molar-refractivity contribution < 1.29 is 18.7 Å². The summed E-state index contributed by atoms with van der Waals surface area (Å²) in [6.45, 7) is 6.36. The second-order valence-corrected chi connectivity index (χ2v) is 7.91. The highest BCUT2D eigenvalue weighted by atomic mass is 31.2. The second kappa shape index (κ2) is 10.3. The fourth-order valence-corrected chi connectivity index (χ4v) is 4.30. The van der Waals surface area contributed by atoms with Crippen molar-refractivity contribution in [1.29, 1.82) is 5.26 Å². The number of aromatic nitrogens is 4. The number of nitrogens with zero attached hydrogens (tertiary/aromatic N) is 6. The van der Waals surface area contributed by atoms with E-state index in [1.54, 1.807) is 24.7 Å². The highest BCUT2D eigenvalue weighted by Gasteiger charge is 2.24. The predicted octanol–water partition coefficient (Wildman–Crippen LogP) is 2.01. The maximum absolute atomic E-state index is 12.6. The van der Waals surface area contributed by atoms with Crippen molar-refractivity contribution in [3.05, 3.63) is 12.7 Å². The lowest BCUT2D eigenvalue weighted by atomic mass is 10.4. The number of rotatable bonds is 12. The first-order chi connectivity index (χ1) is 13.0. The monoisotopic (exact) mass is 396 g/mol. The molecule has 0 spiro atoms. The van der Waals surface area contributed by atoms with Crippen LogP contribution in [-0.4, -0.2) is 68.5 Å². The third-order valence-electron chi connectivity index (χ3n) is 3.92. The quantitative estimate of drug-likeness (QED) is 0.536. The van der Waals surface area contributed by atoms with Crippen molar-refractivity contribution in [2.24, 2.45) is 0 Å². The van der Waals surface area contributed by atoms with Crippen molar-refractivity contribution in [1.82, 2.24) is 24.4 Å². The van der Waals surface area contributed by atoms with Gasteiger partial charge in [0.1, 0.15) is 6.33 Å². The SMILES string of the molecule is CCOP(=O)(CCN(CCC#N)CCn1cnc2c(O)ncnc21)OCC. The minimum atomic E-state index is -3.13. The van der Waals surface area contributed by atoms with Gasteiger partial charge in [-0.05, 0) is 13.8 Å². The number of hydrogen-bond acceptors (Lipinski definition) is 9. The Morgan fingerprint density at radius 2 is 1.96 bits per heavy atom. The summed E-state index contributed by atoms with van der Waals surface area (Å²) in [5, 5.41) is 18.6. The van der Waals surface area contributed by atoms with E-state index in [0.717, 1.165) is 0 Å². The normalized spacial score (nSPS) is 11.9. The molecule has 0 bridgehead atoms. The van der Waals surface area contributed by atoms with Gasteiger partial charge < -0.3 is 18.7 Å². The number of hydrogen-bond donors (Lipinski definition) is 1. The Bertz CT molecular complexity index is 811. The number of nitriles is 1. The van der Waals surface area contributed by atoms with Crippen molar-refractivity contribution in [3.63, 3.8) is 0 Å². The van der Waals surface area contributed by atoms with Gasteiger partial charge in [-0.25, -0.2) is 9.97 Å². The lowest BCUT2D eigenvalue weighted by Crippen LogP contribution is -2.31. The smallest absolute Gasteiger partial charge is 0.331 e. The Kier molecular flexibility index (Phi) is 8.13. The molecule has 2 rings (SSSR count). The van der Waals surface area contributed by atoms with Crippen LogP contribution in [0.15, 0.2) is 12.7 Å². The van der Waals surface area contributed by atoms with Gasteiger partial charge in [0.25, 0.3) is 0 Å². The van der Waals surface area contributed by atoms with E-state index in [9.17, 15) is 9.67 Å². The molecular formula is C16H25N6O4P. The first-order valence-corrected chi connectivity index (χ1v) is 10.6. The van der Waals surface area contributed by atoms with E-state index in [1.807, 2.05) is 4.90 Å². The summed E-state index contributed by atoms with van der Waals surface area (Å²) in [6.07, 6.45) is 3.49. The summed E-state index contributed by atoms with van der Waals surface area (Å²) in [7, 11) is -3.13. The van der Waals surface area contributed by atoms with Gasteiger partial charge in [0.05, 0.1) is 31.8 Å². The Hall–Kier alpha value is -2.05. The molecule has 0 aliphatic heterocycles. The molecular weight excluding hydrogens is 371 g/mol. The molecule has 0 radical (unpaired) electrons. The summed E-state index contributed by atoms with van der Waals surface area (Å²) < 4.78 is 25.1. The standard InChI is InChI=1S/C16H25N6O4P/c1-3-25-27(24,26-4-2)11-10-21(7-5-6-17)8-9-22-13-20-14-15(22)18-12-19-16(14)23/h12-13H,3-5,7-11H2,1-2H3,(H,18,19,23). The van der Waals surface area contributed by atoms with Crippen LogP contribution in [0.4, 0.5) is 0 Å². The molecule has 0 aromatic carbocycles. The highest BCUT2D eigenvalue weighted by molar-refractivity contribution is 7.53. The third kappa shape index (κ3) is 5.97. The van der Waals surface area contributed by atoms with E-state index in [-0.39, 0.29) is 12.0 Å². The minimum Gasteiger partial charge on any atom is -0.492 e. The fraction of sp³-hybridized carbons (Fsp3) is 0.625. The average Bonchev–Trinajstić information content (AvgIpc) is 3.06. The summed E-state index contributed by atoms with van der Waals surface area (Å²) in [5.74, 6) is -0.158. The Morgan fingerprint density at radius 1 is 1.22 bits per heavy atom. The molecule has 148 valence electrons. The van der Waals surface area contributed by atoms with Gasteiger partial charge in [0.15, 0.2) is 11.2 Å². The number of aromatic hydroxyl groups is 1. The first-order valence-electron chi connectivity index (χ1n) is 8.85. The van der Waals surface area contributed by atoms with Gasteiger partial charge in [-0.2, -0.15) is 10.2 Å². The largest absolute Gasteiger partial charge is 0.492 e. The highest BCUT2D eigenvalue weighted by Crippen LogP contribution is 2.47. The van der Waals surface area contributed by atoms with Crippen LogP contribution >= 0.6 is 7.60 Å². The molecule has 0 saturated carbocycles. The molecule has 0 saturated heterocycles. The van der Waals surface area contributed by atoms with Crippen LogP contribution < -0.4 is 0 Å². The van der Waals surface area contributed by atoms with Gasteiger partial charge in [-0.15, -0.1) is 0 Å². The molecule has 2 aromatic rings. The topological polar surface area (TPSA) is 126 Å². The van der Waals surface area contributed by atoms with Gasteiger partial charge in [0, 0.05) is 32.6 Å². The van der Waals surface area contributed by atoms with E-state index in [4.69, 9.17) is 14.3 Å².